The molecule has 0 saturated carbocycles. The molecule has 1 N–H and O–H groups in total. The number of aromatic nitrogens is 1. The van der Waals surface area contributed by atoms with E-state index in [0.29, 0.717) is 6.04 Å². The van der Waals surface area contributed by atoms with Crippen molar-refractivity contribution in [3.05, 3.63) is 35.5 Å². The molecule has 3 nitrogen and oxygen atoms in total. The maximum Gasteiger partial charge on any atom is 0.0510 e. The van der Waals surface area contributed by atoms with Crippen LogP contribution < -0.4 is 5.32 Å². The summed E-state index contributed by atoms with van der Waals surface area (Å²) in [6.07, 6.45) is 3.42. The fraction of sp³-hybridized carbons (Fsp3) is 0.500. The average molecular weight is 257 g/mol. The zero-order chi connectivity index (χ0) is 13.4. The summed E-state index contributed by atoms with van der Waals surface area (Å²) in [6.45, 7) is 5.59. The SMILES string of the molecule is Cc1cccc2c(CC3CN(C)CCN3)cn(C)c12. The molecular weight excluding hydrogens is 234 g/mol. The first-order valence-corrected chi connectivity index (χ1v) is 7.10. The van der Waals surface area contributed by atoms with Crippen LogP contribution in [-0.4, -0.2) is 42.2 Å². The number of nitrogens with one attached hydrogen (secondary N) is 1. The third kappa shape index (κ3) is 2.40. The summed E-state index contributed by atoms with van der Waals surface area (Å²) in [5, 5.41) is 5.05. The molecule has 2 aromatic rings. The lowest BCUT2D eigenvalue weighted by Crippen LogP contribution is -2.49. The van der Waals surface area contributed by atoms with Crippen LogP contribution in [0.15, 0.2) is 24.4 Å². The van der Waals surface area contributed by atoms with Crippen LogP contribution in [-0.2, 0) is 13.5 Å². The van der Waals surface area contributed by atoms with Gasteiger partial charge < -0.3 is 14.8 Å². The van der Waals surface area contributed by atoms with Crippen molar-refractivity contribution in [2.45, 2.75) is 19.4 Å². The number of aryl methyl sites for hydroxylation is 2. The maximum absolute atomic E-state index is 3.64. The highest BCUT2D eigenvalue weighted by Gasteiger charge is 2.18. The normalized spacial score (nSPS) is 21.1. The summed E-state index contributed by atoms with van der Waals surface area (Å²) in [5.41, 5.74) is 4.20. The minimum Gasteiger partial charge on any atom is -0.350 e. The number of nitrogens with zero attached hydrogens (tertiary/aromatic N) is 2. The van der Waals surface area contributed by atoms with Crippen LogP contribution in [0, 0.1) is 6.92 Å². The van der Waals surface area contributed by atoms with Crippen LogP contribution in [0.1, 0.15) is 11.1 Å². The van der Waals surface area contributed by atoms with E-state index in [4.69, 9.17) is 0 Å². The molecule has 3 rings (SSSR count). The van der Waals surface area contributed by atoms with Crippen molar-refractivity contribution in [1.29, 1.82) is 0 Å². The Hall–Kier alpha value is -1.32. The predicted octanol–water partition coefficient (Wildman–Crippen LogP) is 1.93. The van der Waals surface area contributed by atoms with Crippen LogP contribution >= 0.6 is 0 Å². The number of rotatable bonds is 2. The molecule has 1 aliphatic heterocycles. The second-order valence-corrected chi connectivity index (χ2v) is 5.85. The van der Waals surface area contributed by atoms with E-state index in [9.17, 15) is 0 Å². The molecule has 0 radical (unpaired) electrons. The molecule has 1 saturated heterocycles. The Labute approximate surface area is 115 Å². The lowest BCUT2D eigenvalue weighted by molar-refractivity contribution is 0.238. The zero-order valence-electron chi connectivity index (χ0n) is 12.1. The quantitative estimate of drug-likeness (QED) is 0.887. The van der Waals surface area contributed by atoms with Crippen molar-refractivity contribution >= 4 is 10.9 Å². The van der Waals surface area contributed by atoms with Gasteiger partial charge in [0.25, 0.3) is 0 Å². The van der Waals surface area contributed by atoms with E-state index in [1.807, 2.05) is 0 Å². The van der Waals surface area contributed by atoms with Gasteiger partial charge in [0.2, 0.25) is 0 Å². The van der Waals surface area contributed by atoms with Gasteiger partial charge in [0, 0.05) is 44.3 Å². The molecule has 1 atom stereocenters. The number of benzene rings is 1. The number of piperazine rings is 1. The first kappa shape index (κ1) is 12.7. The molecule has 2 heterocycles. The van der Waals surface area contributed by atoms with Crippen LogP contribution in [0.4, 0.5) is 0 Å². The van der Waals surface area contributed by atoms with E-state index < -0.39 is 0 Å². The Balaban J connectivity index is 1.91. The highest BCUT2D eigenvalue weighted by atomic mass is 15.2. The Kier molecular flexibility index (Phi) is 3.33. The Morgan fingerprint density at radius 3 is 2.95 bits per heavy atom. The van der Waals surface area contributed by atoms with Gasteiger partial charge in [-0.15, -0.1) is 0 Å². The van der Waals surface area contributed by atoms with Crippen molar-refractivity contribution in [2.24, 2.45) is 7.05 Å². The van der Waals surface area contributed by atoms with E-state index in [1.165, 1.54) is 22.0 Å². The minimum absolute atomic E-state index is 0.574. The van der Waals surface area contributed by atoms with Crippen LogP contribution in [0.2, 0.25) is 0 Å². The van der Waals surface area contributed by atoms with Gasteiger partial charge in [-0.05, 0) is 31.5 Å². The van der Waals surface area contributed by atoms with Gasteiger partial charge in [-0.25, -0.2) is 0 Å². The first-order valence-electron chi connectivity index (χ1n) is 7.10. The molecule has 0 bridgehead atoms. The first-order chi connectivity index (χ1) is 9.15. The van der Waals surface area contributed by atoms with E-state index in [-0.39, 0.29) is 0 Å². The summed E-state index contributed by atoms with van der Waals surface area (Å²) < 4.78 is 2.27. The average Bonchev–Trinajstić information content (AvgIpc) is 2.68. The van der Waals surface area contributed by atoms with Gasteiger partial charge in [0.05, 0.1) is 5.52 Å². The van der Waals surface area contributed by atoms with E-state index in [0.717, 1.165) is 26.1 Å². The van der Waals surface area contributed by atoms with Gasteiger partial charge in [-0.3, -0.25) is 0 Å². The van der Waals surface area contributed by atoms with Crippen LogP contribution in [0.5, 0.6) is 0 Å². The van der Waals surface area contributed by atoms with E-state index in [2.05, 4.69) is 60.2 Å². The maximum atomic E-state index is 3.64. The van der Waals surface area contributed by atoms with Crippen LogP contribution in [0.3, 0.4) is 0 Å². The van der Waals surface area contributed by atoms with Gasteiger partial charge in [-0.1, -0.05) is 18.2 Å². The van der Waals surface area contributed by atoms with Gasteiger partial charge in [-0.2, -0.15) is 0 Å². The molecule has 0 spiro atoms. The van der Waals surface area contributed by atoms with E-state index in [1.54, 1.807) is 0 Å². The Morgan fingerprint density at radius 1 is 1.32 bits per heavy atom. The molecule has 1 aromatic carbocycles. The fourth-order valence-electron chi connectivity index (χ4n) is 3.31. The largest absolute Gasteiger partial charge is 0.350 e. The summed E-state index contributed by atoms with van der Waals surface area (Å²) >= 11 is 0. The Morgan fingerprint density at radius 2 is 2.16 bits per heavy atom. The zero-order valence-corrected chi connectivity index (χ0v) is 12.1. The predicted molar refractivity (Wildman–Crippen MR) is 80.6 cm³/mol. The number of likely N-dealkylation sites (N-methyl/N-ethyl adjacent to an activating group) is 1. The van der Waals surface area contributed by atoms with Gasteiger partial charge in [0.1, 0.15) is 0 Å². The summed E-state index contributed by atoms with van der Waals surface area (Å²) in [5.74, 6) is 0. The fourth-order valence-corrected chi connectivity index (χ4v) is 3.31. The molecule has 102 valence electrons. The molecule has 19 heavy (non-hydrogen) atoms. The third-order valence-corrected chi connectivity index (χ3v) is 4.21. The van der Waals surface area contributed by atoms with Crippen molar-refractivity contribution in [2.75, 3.05) is 26.7 Å². The third-order valence-electron chi connectivity index (χ3n) is 4.21. The number of fused-ring (bicyclic) bond motifs is 1. The molecule has 1 unspecified atom stereocenters. The Bertz CT molecular complexity index is 585. The number of hydrogen-bond donors (Lipinski definition) is 1. The monoisotopic (exact) mass is 257 g/mol. The number of para-hydroxylation sites is 1. The highest BCUT2D eigenvalue weighted by molar-refractivity contribution is 5.86. The van der Waals surface area contributed by atoms with Gasteiger partial charge in [0.15, 0.2) is 0 Å². The topological polar surface area (TPSA) is 20.2 Å². The molecule has 1 fully saturated rings. The van der Waals surface area contributed by atoms with Crippen molar-refractivity contribution in [3.8, 4) is 0 Å². The number of hydrogen-bond acceptors (Lipinski definition) is 2. The van der Waals surface area contributed by atoms with Crippen molar-refractivity contribution in [3.63, 3.8) is 0 Å². The second kappa shape index (κ2) is 4.99. The molecule has 0 aliphatic carbocycles. The lowest BCUT2D eigenvalue weighted by Gasteiger charge is -2.30. The summed E-state index contributed by atoms with van der Waals surface area (Å²) in [4.78, 5) is 2.41. The molecule has 0 amide bonds. The van der Waals surface area contributed by atoms with E-state index >= 15 is 0 Å². The lowest BCUT2D eigenvalue weighted by atomic mass is 10.0. The molecule has 3 heteroatoms. The molecule has 1 aliphatic rings. The smallest absolute Gasteiger partial charge is 0.0510 e. The summed E-state index contributed by atoms with van der Waals surface area (Å²) in [7, 11) is 4.36. The second-order valence-electron chi connectivity index (χ2n) is 5.85. The highest BCUT2D eigenvalue weighted by Crippen LogP contribution is 2.24. The minimum atomic E-state index is 0.574. The molecule has 1 aromatic heterocycles. The van der Waals surface area contributed by atoms with Crippen molar-refractivity contribution < 1.29 is 0 Å². The van der Waals surface area contributed by atoms with Crippen LogP contribution in [0.25, 0.3) is 10.9 Å². The standard InChI is InChI=1S/C16H23N3/c1-12-5-4-6-15-13(10-19(3)16(12)15)9-14-11-18(2)8-7-17-14/h4-6,10,14,17H,7-9,11H2,1-3H3. The molecular formula is C16H23N3. The van der Waals surface area contributed by atoms with Crippen molar-refractivity contribution in [1.82, 2.24) is 14.8 Å². The van der Waals surface area contributed by atoms with Gasteiger partial charge >= 0.3 is 0 Å². The summed E-state index contributed by atoms with van der Waals surface area (Å²) in [6, 6.07) is 7.19.